The van der Waals surface area contributed by atoms with E-state index in [0.29, 0.717) is 11.1 Å². The summed E-state index contributed by atoms with van der Waals surface area (Å²) in [5, 5.41) is 11.4. The lowest BCUT2D eigenvalue weighted by molar-refractivity contribution is -0.142. The molecule has 112 valence electrons. The number of benzene rings is 1. The average Bonchev–Trinajstić information content (AvgIpc) is 2.42. The molecule has 1 aromatic rings. The second kappa shape index (κ2) is 7.23. The van der Waals surface area contributed by atoms with Gasteiger partial charge in [0.25, 0.3) is 0 Å². The van der Waals surface area contributed by atoms with E-state index in [9.17, 15) is 14.4 Å². The lowest BCUT2D eigenvalue weighted by Crippen LogP contribution is -2.43. The minimum atomic E-state index is -1.07. The van der Waals surface area contributed by atoms with Gasteiger partial charge in [0, 0.05) is 11.6 Å². The number of nitrogens with one attached hydrogen (secondary N) is 1. The van der Waals surface area contributed by atoms with Crippen LogP contribution in [-0.2, 0) is 9.59 Å². The number of carbonyl (C=O) groups excluding carboxylic acids is 2. The van der Waals surface area contributed by atoms with Crippen LogP contribution in [0.1, 0.15) is 29.8 Å². The van der Waals surface area contributed by atoms with Gasteiger partial charge in [-0.25, -0.2) is 4.79 Å². The highest BCUT2D eigenvalue weighted by Gasteiger charge is 2.22. The van der Waals surface area contributed by atoms with E-state index >= 15 is 0 Å². The predicted octanol–water partition coefficient (Wildman–Crippen LogP) is 1.02. The Morgan fingerprint density at radius 2 is 1.76 bits per heavy atom. The summed E-state index contributed by atoms with van der Waals surface area (Å²) >= 11 is 0. The molecule has 1 rings (SSSR count). The fourth-order valence-electron chi connectivity index (χ4n) is 1.65. The number of hydrogen-bond donors (Lipinski definition) is 3. The van der Waals surface area contributed by atoms with Crippen molar-refractivity contribution in [3.8, 4) is 0 Å². The van der Waals surface area contributed by atoms with E-state index in [-0.39, 0.29) is 5.92 Å². The minimum Gasteiger partial charge on any atom is -0.480 e. The van der Waals surface area contributed by atoms with Gasteiger partial charge in [-0.1, -0.05) is 26.0 Å². The molecule has 6 nitrogen and oxygen atoms in total. The van der Waals surface area contributed by atoms with E-state index in [1.807, 2.05) is 0 Å². The fraction of sp³-hybridized carbons (Fsp3) is 0.267. The zero-order valence-corrected chi connectivity index (χ0v) is 11.9. The molecule has 0 bridgehead atoms. The van der Waals surface area contributed by atoms with Gasteiger partial charge in [0.15, 0.2) is 0 Å². The minimum absolute atomic E-state index is 0.213. The molecule has 0 fully saturated rings. The maximum absolute atomic E-state index is 11.7. The third-order valence-corrected chi connectivity index (χ3v) is 2.85. The maximum atomic E-state index is 11.7. The molecule has 0 saturated heterocycles. The zero-order chi connectivity index (χ0) is 16.0. The number of nitrogens with two attached hydrogens (primary N) is 1. The molecule has 1 aromatic carbocycles. The SMILES string of the molecule is CC(C)[C@H](NC(=O)/C=C/c1ccc(C(N)=O)cc1)C(=O)O. The number of rotatable bonds is 6. The van der Waals surface area contributed by atoms with Gasteiger partial charge in [-0.15, -0.1) is 0 Å². The molecule has 0 aliphatic carbocycles. The molecule has 1 atom stereocenters. The number of carboxylic acids is 1. The van der Waals surface area contributed by atoms with Crippen LogP contribution in [0, 0.1) is 5.92 Å². The topological polar surface area (TPSA) is 109 Å². The number of amides is 2. The van der Waals surface area contributed by atoms with Crippen LogP contribution in [0.25, 0.3) is 6.08 Å². The summed E-state index contributed by atoms with van der Waals surface area (Å²) in [4.78, 5) is 33.6. The van der Waals surface area contributed by atoms with Crippen molar-refractivity contribution in [2.75, 3.05) is 0 Å². The average molecular weight is 290 g/mol. The van der Waals surface area contributed by atoms with E-state index in [1.165, 1.54) is 12.2 Å². The lowest BCUT2D eigenvalue weighted by atomic mass is 10.0. The van der Waals surface area contributed by atoms with Gasteiger partial charge in [0.2, 0.25) is 11.8 Å². The van der Waals surface area contributed by atoms with Crippen LogP contribution in [0.4, 0.5) is 0 Å². The van der Waals surface area contributed by atoms with Crippen molar-refractivity contribution in [2.45, 2.75) is 19.9 Å². The lowest BCUT2D eigenvalue weighted by Gasteiger charge is -2.16. The first-order valence-electron chi connectivity index (χ1n) is 6.42. The molecule has 4 N–H and O–H groups in total. The Hall–Kier alpha value is -2.63. The van der Waals surface area contributed by atoms with Gasteiger partial charge in [-0.3, -0.25) is 9.59 Å². The second-order valence-corrected chi connectivity index (χ2v) is 4.89. The normalized spacial score (nSPS) is 12.3. The summed E-state index contributed by atoms with van der Waals surface area (Å²) in [5.74, 6) is -2.30. The fourth-order valence-corrected chi connectivity index (χ4v) is 1.65. The Labute approximate surface area is 122 Å². The molecule has 0 saturated carbocycles. The highest BCUT2D eigenvalue weighted by atomic mass is 16.4. The predicted molar refractivity (Wildman–Crippen MR) is 78.4 cm³/mol. The van der Waals surface area contributed by atoms with Gasteiger partial charge in [0.1, 0.15) is 6.04 Å². The molecule has 0 aliphatic heterocycles. The van der Waals surface area contributed by atoms with Gasteiger partial charge in [-0.05, 0) is 29.7 Å². The molecule has 0 heterocycles. The Bertz CT molecular complexity index is 562. The molecular weight excluding hydrogens is 272 g/mol. The molecule has 21 heavy (non-hydrogen) atoms. The zero-order valence-electron chi connectivity index (χ0n) is 11.9. The van der Waals surface area contributed by atoms with Crippen LogP contribution in [0.3, 0.4) is 0 Å². The van der Waals surface area contributed by atoms with E-state index in [2.05, 4.69) is 5.32 Å². The van der Waals surface area contributed by atoms with Gasteiger partial charge >= 0.3 is 5.97 Å². The van der Waals surface area contributed by atoms with E-state index in [1.54, 1.807) is 38.1 Å². The van der Waals surface area contributed by atoms with Crippen LogP contribution in [-0.4, -0.2) is 28.9 Å². The Morgan fingerprint density at radius 1 is 1.19 bits per heavy atom. The summed E-state index contributed by atoms with van der Waals surface area (Å²) < 4.78 is 0. The quantitative estimate of drug-likeness (QED) is 0.679. The van der Waals surface area contributed by atoms with Crippen molar-refractivity contribution in [1.29, 1.82) is 0 Å². The number of carbonyl (C=O) groups is 3. The van der Waals surface area contributed by atoms with Crippen LogP contribution < -0.4 is 11.1 Å². The van der Waals surface area contributed by atoms with E-state index in [0.717, 1.165) is 0 Å². The first-order valence-corrected chi connectivity index (χ1v) is 6.42. The Balaban J connectivity index is 2.69. The second-order valence-electron chi connectivity index (χ2n) is 4.89. The first kappa shape index (κ1) is 16.4. The maximum Gasteiger partial charge on any atom is 0.326 e. The largest absolute Gasteiger partial charge is 0.480 e. The molecule has 0 spiro atoms. The van der Waals surface area contributed by atoms with Crippen molar-refractivity contribution >= 4 is 23.9 Å². The summed E-state index contributed by atoms with van der Waals surface area (Å²) in [7, 11) is 0. The Morgan fingerprint density at radius 3 is 2.19 bits per heavy atom. The van der Waals surface area contributed by atoms with Crippen molar-refractivity contribution in [2.24, 2.45) is 11.7 Å². The van der Waals surface area contributed by atoms with E-state index in [4.69, 9.17) is 10.8 Å². The van der Waals surface area contributed by atoms with Crippen LogP contribution in [0.2, 0.25) is 0 Å². The van der Waals surface area contributed by atoms with Crippen molar-refractivity contribution < 1.29 is 19.5 Å². The van der Waals surface area contributed by atoms with Crippen molar-refractivity contribution in [1.82, 2.24) is 5.32 Å². The molecule has 0 aliphatic rings. The van der Waals surface area contributed by atoms with Gasteiger partial charge in [-0.2, -0.15) is 0 Å². The smallest absolute Gasteiger partial charge is 0.326 e. The van der Waals surface area contributed by atoms with Crippen molar-refractivity contribution in [3.05, 3.63) is 41.5 Å². The number of primary amides is 1. The van der Waals surface area contributed by atoms with Crippen molar-refractivity contribution in [3.63, 3.8) is 0 Å². The summed E-state index contributed by atoms with van der Waals surface area (Å²) in [6.45, 7) is 3.43. The number of hydrogen-bond acceptors (Lipinski definition) is 3. The monoisotopic (exact) mass is 290 g/mol. The van der Waals surface area contributed by atoms with Gasteiger partial charge in [0.05, 0.1) is 0 Å². The third kappa shape index (κ3) is 5.10. The van der Waals surface area contributed by atoms with Crippen LogP contribution in [0.15, 0.2) is 30.3 Å². The summed E-state index contributed by atoms with van der Waals surface area (Å²) in [6.07, 6.45) is 2.77. The van der Waals surface area contributed by atoms with Crippen LogP contribution in [0.5, 0.6) is 0 Å². The molecule has 0 aromatic heterocycles. The molecule has 0 unspecified atom stereocenters. The Kier molecular flexibility index (Phi) is 5.66. The first-order chi connectivity index (χ1) is 9.81. The number of carboxylic acid groups (broad SMARTS) is 1. The summed E-state index contributed by atoms with van der Waals surface area (Å²) in [6, 6.07) is 5.45. The third-order valence-electron chi connectivity index (χ3n) is 2.85. The van der Waals surface area contributed by atoms with E-state index < -0.39 is 23.8 Å². The number of aliphatic carboxylic acids is 1. The molecule has 0 radical (unpaired) electrons. The highest BCUT2D eigenvalue weighted by Crippen LogP contribution is 2.06. The van der Waals surface area contributed by atoms with Gasteiger partial charge < -0.3 is 16.2 Å². The standard InChI is InChI=1S/C15H18N2O4/c1-9(2)13(15(20)21)17-12(18)8-5-10-3-6-11(7-4-10)14(16)19/h3-9,13H,1-2H3,(H2,16,19)(H,17,18)(H,20,21)/b8-5+/t13-/m0/s1. The molecular formula is C15H18N2O4. The summed E-state index contributed by atoms with van der Waals surface area (Å²) in [5.41, 5.74) is 6.20. The highest BCUT2D eigenvalue weighted by molar-refractivity contribution is 5.95. The molecule has 6 heteroatoms. The van der Waals surface area contributed by atoms with Crippen LogP contribution >= 0.6 is 0 Å². The molecule has 2 amide bonds.